The highest BCUT2D eigenvalue weighted by molar-refractivity contribution is 4.73. The maximum Gasteiger partial charge on any atom is 0.0526 e. The Kier molecular flexibility index (Phi) is 4.79. The summed E-state index contributed by atoms with van der Waals surface area (Å²) in [6.07, 6.45) is 8.49. The Labute approximate surface area is 80.4 Å². The first-order valence-corrected chi connectivity index (χ1v) is 5.48. The van der Waals surface area contributed by atoms with Crippen LogP contribution in [0.4, 0.5) is 0 Å². The van der Waals surface area contributed by atoms with Crippen LogP contribution in [0, 0.1) is 4.91 Å². The molecule has 0 aromatic heterocycles. The first-order chi connectivity index (χ1) is 6.38. The lowest BCUT2D eigenvalue weighted by molar-refractivity contribution is 0.141. The van der Waals surface area contributed by atoms with Crippen LogP contribution < -0.4 is 0 Å². The number of nitroso groups, excluding NO2 is 1. The summed E-state index contributed by atoms with van der Waals surface area (Å²) in [5, 5.41) is 4.84. The van der Waals surface area contributed by atoms with E-state index < -0.39 is 0 Å². The van der Waals surface area contributed by atoms with Crippen LogP contribution in [0.25, 0.3) is 0 Å². The van der Waals surface area contributed by atoms with Crippen LogP contribution >= 0.6 is 0 Å². The SMILES string of the molecule is CCCCCC1CCCCN1N=O. The van der Waals surface area contributed by atoms with E-state index in [0.717, 1.165) is 25.8 Å². The number of hydrogen-bond acceptors (Lipinski definition) is 2. The van der Waals surface area contributed by atoms with E-state index in [0.29, 0.717) is 6.04 Å². The first-order valence-electron chi connectivity index (χ1n) is 5.48. The molecule has 13 heavy (non-hydrogen) atoms. The van der Waals surface area contributed by atoms with Gasteiger partial charge in [-0.3, -0.25) is 5.01 Å². The molecule has 3 heteroatoms. The monoisotopic (exact) mass is 184 g/mol. The van der Waals surface area contributed by atoms with Crippen LogP contribution in [0.2, 0.25) is 0 Å². The van der Waals surface area contributed by atoms with Gasteiger partial charge < -0.3 is 0 Å². The Morgan fingerprint density at radius 1 is 1.38 bits per heavy atom. The van der Waals surface area contributed by atoms with Crippen LogP contribution in [0.5, 0.6) is 0 Å². The summed E-state index contributed by atoms with van der Waals surface area (Å²) in [7, 11) is 0. The zero-order valence-corrected chi connectivity index (χ0v) is 8.54. The van der Waals surface area contributed by atoms with E-state index >= 15 is 0 Å². The number of rotatable bonds is 5. The van der Waals surface area contributed by atoms with Crippen molar-refractivity contribution in [3.63, 3.8) is 0 Å². The fourth-order valence-electron chi connectivity index (χ4n) is 2.02. The lowest BCUT2D eigenvalue weighted by Gasteiger charge is -2.30. The van der Waals surface area contributed by atoms with Crippen LogP contribution in [-0.4, -0.2) is 17.6 Å². The van der Waals surface area contributed by atoms with Gasteiger partial charge in [-0.1, -0.05) is 26.2 Å². The summed E-state index contributed by atoms with van der Waals surface area (Å²) in [4.78, 5) is 10.5. The van der Waals surface area contributed by atoms with Gasteiger partial charge in [0.2, 0.25) is 0 Å². The quantitative estimate of drug-likeness (QED) is 0.486. The summed E-state index contributed by atoms with van der Waals surface area (Å²) in [6.45, 7) is 3.08. The minimum Gasteiger partial charge on any atom is -0.258 e. The predicted molar refractivity (Wildman–Crippen MR) is 54.3 cm³/mol. The van der Waals surface area contributed by atoms with Gasteiger partial charge in [0.05, 0.1) is 11.3 Å². The summed E-state index contributed by atoms with van der Waals surface area (Å²) < 4.78 is 0. The standard InChI is InChI=1S/C10H20N2O/c1-2-3-4-7-10-8-5-6-9-12(10)11-13/h10H,2-9H2,1H3. The fourth-order valence-corrected chi connectivity index (χ4v) is 2.02. The number of hydrogen-bond donors (Lipinski definition) is 0. The van der Waals surface area contributed by atoms with Crippen molar-refractivity contribution in [3.05, 3.63) is 4.91 Å². The van der Waals surface area contributed by atoms with E-state index in [1.807, 2.05) is 0 Å². The lowest BCUT2D eigenvalue weighted by atomic mass is 9.98. The van der Waals surface area contributed by atoms with Crippen molar-refractivity contribution in [2.24, 2.45) is 5.29 Å². The second kappa shape index (κ2) is 5.95. The van der Waals surface area contributed by atoms with E-state index in [4.69, 9.17) is 0 Å². The van der Waals surface area contributed by atoms with Gasteiger partial charge in [-0.25, -0.2) is 0 Å². The van der Waals surface area contributed by atoms with Crippen molar-refractivity contribution in [2.75, 3.05) is 6.54 Å². The van der Waals surface area contributed by atoms with Crippen molar-refractivity contribution in [3.8, 4) is 0 Å². The van der Waals surface area contributed by atoms with Gasteiger partial charge in [0.15, 0.2) is 0 Å². The topological polar surface area (TPSA) is 32.7 Å². The van der Waals surface area contributed by atoms with Gasteiger partial charge in [-0.2, -0.15) is 0 Å². The minimum atomic E-state index is 0.442. The van der Waals surface area contributed by atoms with E-state index in [1.54, 1.807) is 5.01 Å². The number of piperidine rings is 1. The van der Waals surface area contributed by atoms with Crippen molar-refractivity contribution in [1.82, 2.24) is 5.01 Å². The molecule has 0 saturated carbocycles. The van der Waals surface area contributed by atoms with E-state index in [1.165, 1.54) is 25.7 Å². The normalized spacial score (nSPS) is 23.2. The molecule has 0 aromatic carbocycles. The van der Waals surface area contributed by atoms with Crippen molar-refractivity contribution in [1.29, 1.82) is 0 Å². The molecule has 1 heterocycles. The molecule has 3 nitrogen and oxygen atoms in total. The molecule has 0 spiro atoms. The molecular weight excluding hydrogens is 164 g/mol. The summed E-state index contributed by atoms with van der Waals surface area (Å²) >= 11 is 0. The van der Waals surface area contributed by atoms with E-state index in [-0.39, 0.29) is 0 Å². The average molecular weight is 184 g/mol. The molecule has 1 fully saturated rings. The van der Waals surface area contributed by atoms with Crippen LogP contribution in [-0.2, 0) is 0 Å². The summed E-state index contributed by atoms with van der Waals surface area (Å²) in [6, 6.07) is 0.442. The fraction of sp³-hybridized carbons (Fsp3) is 1.00. The Hall–Kier alpha value is -0.600. The second-order valence-corrected chi connectivity index (χ2v) is 3.89. The molecular formula is C10H20N2O. The average Bonchev–Trinajstić information content (AvgIpc) is 2.19. The zero-order chi connectivity index (χ0) is 9.52. The predicted octanol–water partition coefficient (Wildman–Crippen LogP) is 3.10. The highest BCUT2D eigenvalue weighted by atomic mass is 16.3. The third-order valence-electron chi connectivity index (χ3n) is 2.84. The maximum absolute atomic E-state index is 10.5. The van der Waals surface area contributed by atoms with Crippen molar-refractivity contribution in [2.45, 2.75) is 57.9 Å². The molecule has 0 bridgehead atoms. The van der Waals surface area contributed by atoms with Crippen molar-refractivity contribution < 1.29 is 0 Å². The van der Waals surface area contributed by atoms with E-state index in [2.05, 4.69) is 12.2 Å². The summed E-state index contributed by atoms with van der Waals surface area (Å²) in [5.41, 5.74) is 0. The molecule has 1 saturated heterocycles. The smallest absolute Gasteiger partial charge is 0.0526 e. The Morgan fingerprint density at radius 3 is 2.92 bits per heavy atom. The first kappa shape index (κ1) is 10.5. The molecule has 0 N–H and O–H groups in total. The summed E-state index contributed by atoms with van der Waals surface area (Å²) in [5.74, 6) is 0. The van der Waals surface area contributed by atoms with Gasteiger partial charge in [-0.05, 0) is 25.7 Å². The molecule has 1 rings (SSSR count). The third kappa shape index (κ3) is 3.33. The number of unbranched alkanes of at least 4 members (excludes halogenated alkanes) is 2. The van der Waals surface area contributed by atoms with Crippen molar-refractivity contribution >= 4 is 0 Å². The zero-order valence-electron chi connectivity index (χ0n) is 8.54. The van der Waals surface area contributed by atoms with Gasteiger partial charge in [0.25, 0.3) is 0 Å². The molecule has 0 amide bonds. The number of nitrogens with zero attached hydrogens (tertiary/aromatic N) is 2. The van der Waals surface area contributed by atoms with Gasteiger partial charge in [-0.15, -0.1) is 4.91 Å². The molecule has 0 aromatic rings. The molecule has 0 radical (unpaired) electrons. The maximum atomic E-state index is 10.5. The Balaban J connectivity index is 2.23. The minimum absolute atomic E-state index is 0.442. The second-order valence-electron chi connectivity index (χ2n) is 3.89. The lowest BCUT2D eigenvalue weighted by Crippen LogP contribution is -2.34. The van der Waals surface area contributed by atoms with Gasteiger partial charge >= 0.3 is 0 Å². The van der Waals surface area contributed by atoms with Crippen LogP contribution in [0.15, 0.2) is 5.29 Å². The van der Waals surface area contributed by atoms with Gasteiger partial charge in [0.1, 0.15) is 0 Å². The van der Waals surface area contributed by atoms with E-state index in [9.17, 15) is 4.91 Å². The van der Waals surface area contributed by atoms with Crippen LogP contribution in [0.3, 0.4) is 0 Å². The molecule has 1 aliphatic rings. The third-order valence-corrected chi connectivity index (χ3v) is 2.84. The highest BCUT2D eigenvalue weighted by Crippen LogP contribution is 2.21. The Bertz CT molecular complexity index is 150. The van der Waals surface area contributed by atoms with Crippen LogP contribution in [0.1, 0.15) is 51.9 Å². The molecule has 1 unspecified atom stereocenters. The largest absolute Gasteiger partial charge is 0.258 e. The highest BCUT2D eigenvalue weighted by Gasteiger charge is 2.21. The molecule has 1 aliphatic heterocycles. The Morgan fingerprint density at radius 2 is 2.23 bits per heavy atom. The molecule has 0 aliphatic carbocycles. The van der Waals surface area contributed by atoms with Gasteiger partial charge in [0, 0.05) is 6.54 Å². The molecule has 76 valence electrons. The molecule has 1 atom stereocenters.